The van der Waals surface area contributed by atoms with Crippen molar-refractivity contribution in [3.8, 4) is 0 Å². The van der Waals surface area contributed by atoms with Gasteiger partial charge in [-0.15, -0.1) is 0 Å². The Morgan fingerprint density at radius 2 is 2.00 bits per heavy atom. The van der Waals surface area contributed by atoms with Crippen LogP contribution in [0.3, 0.4) is 0 Å². The quantitative estimate of drug-likeness (QED) is 0.665. The maximum absolute atomic E-state index is 13.1. The van der Waals surface area contributed by atoms with E-state index in [0.29, 0.717) is 37.4 Å². The molecule has 2 aliphatic heterocycles. The Bertz CT molecular complexity index is 959. The number of aromatic nitrogens is 1. The summed E-state index contributed by atoms with van der Waals surface area (Å²) in [4.78, 5) is 42.5. The smallest absolute Gasteiger partial charge is 0.255 e. The lowest BCUT2D eigenvalue weighted by molar-refractivity contribution is -0.136. The molecule has 3 amide bonds. The second-order valence-electron chi connectivity index (χ2n) is 6.92. The largest absolute Gasteiger partial charge is 0.366 e. The SMILES string of the molecule is NCc1cccnc1NCc1cccc2c1C(=O)N(C1CCC(=O)NC1=O)C2. The number of fused-ring (bicyclic) bond motifs is 1. The van der Waals surface area contributed by atoms with Gasteiger partial charge in [-0.3, -0.25) is 19.7 Å². The van der Waals surface area contributed by atoms with Gasteiger partial charge in [0.1, 0.15) is 11.9 Å². The number of piperidine rings is 1. The van der Waals surface area contributed by atoms with Crippen LogP contribution in [0.2, 0.25) is 0 Å². The Morgan fingerprint density at radius 3 is 2.79 bits per heavy atom. The van der Waals surface area contributed by atoms with Crippen molar-refractivity contribution in [2.75, 3.05) is 5.32 Å². The number of benzene rings is 1. The van der Waals surface area contributed by atoms with Crippen LogP contribution in [0.4, 0.5) is 5.82 Å². The lowest BCUT2D eigenvalue weighted by Gasteiger charge is -2.29. The number of amides is 3. The van der Waals surface area contributed by atoms with Gasteiger partial charge < -0.3 is 16.0 Å². The molecule has 28 heavy (non-hydrogen) atoms. The molecule has 1 unspecified atom stereocenters. The molecule has 0 radical (unpaired) electrons. The van der Waals surface area contributed by atoms with E-state index in [2.05, 4.69) is 15.6 Å². The maximum atomic E-state index is 13.1. The highest BCUT2D eigenvalue weighted by Gasteiger charge is 2.39. The lowest BCUT2D eigenvalue weighted by Crippen LogP contribution is -2.52. The molecule has 0 aliphatic carbocycles. The Labute approximate surface area is 162 Å². The van der Waals surface area contributed by atoms with E-state index in [1.54, 1.807) is 11.1 Å². The van der Waals surface area contributed by atoms with Gasteiger partial charge in [0.15, 0.2) is 0 Å². The third-order valence-electron chi connectivity index (χ3n) is 5.20. The number of rotatable bonds is 5. The molecule has 2 aliphatic rings. The van der Waals surface area contributed by atoms with Crippen molar-refractivity contribution in [3.05, 3.63) is 58.8 Å². The van der Waals surface area contributed by atoms with E-state index >= 15 is 0 Å². The molecular formula is C20H21N5O3. The van der Waals surface area contributed by atoms with E-state index in [1.807, 2.05) is 30.3 Å². The van der Waals surface area contributed by atoms with Crippen LogP contribution in [0, 0.1) is 0 Å². The van der Waals surface area contributed by atoms with Gasteiger partial charge in [-0.05, 0) is 23.6 Å². The van der Waals surface area contributed by atoms with Crippen molar-refractivity contribution in [3.63, 3.8) is 0 Å². The topological polar surface area (TPSA) is 117 Å². The number of nitrogens with zero attached hydrogens (tertiary/aromatic N) is 2. The predicted molar refractivity (Wildman–Crippen MR) is 102 cm³/mol. The highest BCUT2D eigenvalue weighted by atomic mass is 16.2. The second kappa shape index (κ2) is 7.40. The van der Waals surface area contributed by atoms with Gasteiger partial charge in [0.25, 0.3) is 5.91 Å². The molecule has 0 bridgehead atoms. The van der Waals surface area contributed by atoms with Crippen LogP contribution in [-0.2, 0) is 29.2 Å². The van der Waals surface area contributed by atoms with Crippen molar-refractivity contribution >= 4 is 23.5 Å². The molecule has 1 saturated heterocycles. The fourth-order valence-corrected chi connectivity index (χ4v) is 3.78. The molecule has 2 aromatic rings. The van der Waals surface area contributed by atoms with Crippen LogP contribution in [0.5, 0.6) is 0 Å². The molecule has 1 aromatic heterocycles. The summed E-state index contributed by atoms with van der Waals surface area (Å²) in [6, 6.07) is 8.81. The second-order valence-corrected chi connectivity index (χ2v) is 6.92. The minimum absolute atomic E-state index is 0.179. The number of hydrogen-bond acceptors (Lipinski definition) is 6. The average molecular weight is 379 g/mol. The molecule has 4 N–H and O–H groups in total. The summed E-state index contributed by atoms with van der Waals surface area (Å²) >= 11 is 0. The fourth-order valence-electron chi connectivity index (χ4n) is 3.78. The zero-order chi connectivity index (χ0) is 19.7. The Kier molecular flexibility index (Phi) is 4.79. The molecule has 8 heteroatoms. The van der Waals surface area contributed by atoms with E-state index < -0.39 is 11.9 Å². The van der Waals surface area contributed by atoms with Crippen molar-refractivity contribution in [1.29, 1.82) is 0 Å². The summed E-state index contributed by atoms with van der Waals surface area (Å²) in [7, 11) is 0. The van der Waals surface area contributed by atoms with Crippen molar-refractivity contribution < 1.29 is 14.4 Å². The number of anilines is 1. The average Bonchev–Trinajstić information content (AvgIpc) is 3.03. The Morgan fingerprint density at radius 1 is 1.18 bits per heavy atom. The number of nitrogens with one attached hydrogen (secondary N) is 2. The number of carbonyl (C=O) groups is 3. The van der Waals surface area contributed by atoms with Crippen LogP contribution in [0.1, 0.15) is 39.9 Å². The number of carbonyl (C=O) groups excluding carboxylic acids is 3. The summed E-state index contributed by atoms with van der Waals surface area (Å²) in [6.07, 6.45) is 2.28. The highest BCUT2D eigenvalue weighted by molar-refractivity contribution is 6.06. The molecule has 0 spiro atoms. The summed E-state index contributed by atoms with van der Waals surface area (Å²) in [5, 5.41) is 5.58. The van der Waals surface area contributed by atoms with E-state index in [1.165, 1.54) is 0 Å². The number of imide groups is 1. The third kappa shape index (κ3) is 3.22. The molecule has 1 aromatic carbocycles. The van der Waals surface area contributed by atoms with Crippen molar-refractivity contribution in [1.82, 2.24) is 15.2 Å². The fraction of sp³-hybridized carbons (Fsp3) is 0.300. The van der Waals surface area contributed by atoms with Gasteiger partial charge in [0.05, 0.1) is 0 Å². The molecule has 4 rings (SSSR count). The molecule has 1 fully saturated rings. The van der Waals surface area contributed by atoms with Gasteiger partial charge in [-0.1, -0.05) is 24.3 Å². The Balaban J connectivity index is 1.55. The van der Waals surface area contributed by atoms with Crippen LogP contribution < -0.4 is 16.4 Å². The van der Waals surface area contributed by atoms with Crippen molar-refractivity contribution in [2.45, 2.75) is 38.5 Å². The van der Waals surface area contributed by atoms with Gasteiger partial charge in [-0.25, -0.2) is 4.98 Å². The zero-order valence-corrected chi connectivity index (χ0v) is 15.3. The monoisotopic (exact) mass is 379 g/mol. The van der Waals surface area contributed by atoms with Gasteiger partial charge in [-0.2, -0.15) is 0 Å². The van der Waals surface area contributed by atoms with E-state index in [4.69, 9.17) is 5.73 Å². The zero-order valence-electron chi connectivity index (χ0n) is 15.3. The predicted octanol–water partition coefficient (Wildman–Crippen LogP) is 0.913. The van der Waals surface area contributed by atoms with Crippen LogP contribution in [0.25, 0.3) is 0 Å². The summed E-state index contributed by atoms with van der Waals surface area (Å²) in [6.45, 7) is 1.15. The van der Waals surface area contributed by atoms with E-state index in [-0.39, 0.29) is 18.2 Å². The summed E-state index contributed by atoms with van der Waals surface area (Å²) < 4.78 is 0. The standard InChI is InChI=1S/C20H21N5O3/c21-9-12-5-2-8-22-18(12)23-10-13-3-1-4-14-11-25(20(28)17(13)14)15-6-7-16(26)24-19(15)27/h1-5,8,15H,6-7,9-11,21H2,(H,22,23)(H,24,26,27). The third-order valence-corrected chi connectivity index (χ3v) is 5.20. The first kappa shape index (κ1) is 18.1. The first-order chi connectivity index (χ1) is 13.6. The van der Waals surface area contributed by atoms with E-state index in [9.17, 15) is 14.4 Å². The molecule has 3 heterocycles. The molecule has 8 nitrogen and oxygen atoms in total. The minimum atomic E-state index is -0.613. The molecule has 1 atom stereocenters. The first-order valence-corrected chi connectivity index (χ1v) is 9.21. The lowest BCUT2D eigenvalue weighted by atomic mass is 10.0. The van der Waals surface area contributed by atoms with Gasteiger partial charge in [0.2, 0.25) is 11.8 Å². The molecule has 144 valence electrons. The summed E-state index contributed by atoms with van der Waals surface area (Å²) in [5.74, 6) is -0.184. The van der Waals surface area contributed by atoms with Crippen LogP contribution >= 0.6 is 0 Å². The van der Waals surface area contributed by atoms with Gasteiger partial charge >= 0.3 is 0 Å². The number of nitrogens with two attached hydrogens (primary N) is 1. The van der Waals surface area contributed by atoms with E-state index in [0.717, 1.165) is 16.7 Å². The first-order valence-electron chi connectivity index (χ1n) is 9.21. The maximum Gasteiger partial charge on any atom is 0.255 e. The van der Waals surface area contributed by atoms with Crippen LogP contribution in [-0.4, -0.2) is 33.6 Å². The normalized spacial score (nSPS) is 18.8. The van der Waals surface area contributed by atoms with Gasteiger partial charge in [0, 0.05) is 43.4 Å². The molecule has 0 saturated carbocycles. The van der Waals surface area contributed by atoms with Crippen LogP contribution in [0.15, 0.2) is 36.5 Å². The highest BCUT2D eigenvalue weighted by Crippen LogP contribution is 2.30. The molecular weight excluding hydrogens is 358 g/mol. The summed E-state index contributed by atoms with van der Waals surface area (Å²) in [5.41, 5.74) is 8.99. The van der Waals surface area contributed by atoms with Crippen molar-refractivity contribution in [2.24, 2.45) is 5.73 Å². The number of hydrogen-bond donors (Lipinski definition) is 3. The Hall–Kier alpha value is -3.26. The number of pyridine rings is 1. The minimum Gasteiger partial charge on any atom is -0.366 e.